The Labute approximate surface area is 132 Å². The number of ether oxygens (including phenoxy) is 1. The second kappa shape index (κ2) is 8.59. The highest BCUT2D eigenvalue weighted by atomic mass is 16.5. The largest absolute Gasteiger partial charge is 0.494 e. The molecule has 120 valence electrons. The monoisotopic (exact) mass is 302 g/mol. The van der Waals surface area contributed by atoms with Gasteiger partial charge in [-0.1, -0.05) is 25.5 Å². The number of piperidine rings is 1. The minimum atomic E-state index is 0.0594. The molecular weight excluding hydrogens is 276 g/mol. The fourth-order valence-corrected chi connectivity index (χ4v) is 2.44. The van der Waals surface area contributed by atoms with Crippen LogP contribution in [0.2, 0.25) is 0 Å². The first-order chi connectivity index (χ1) is 10.7. The maximum Gasteiger partial charge on any atom is 0.246 e. The van der Waals surface area contributed by atoms with Gasteiger partial charge in [-0.2, -0.15) is 0 Å². The molecule has 0 saturated carbocycles. The maximum atomic E-state index is 12.1. The van der Waals surface area contributed by atoms with Crippen LogP contribution in [-0.4, -0.2) is 36.5 Å². The van der Waals surface area contributed by atoms with E-state index >= 15 is 0 Å². The van der Waals surface area contributed by atoms with E-state index in [4.69, 9.17) is 10.5 Å². The summed E-state index contributed by atoms with van der Waals surface area (Å²) in [5, 5.41) is 0. The van der Waals surface area contributed by atoms with Crippen molar-refractivity contribution in [2.75, 3.05) is 19.7 Å². The quantitative estimate of drug-likeness (QED) is 0.649. The zero-order valence-corrected chi connectivity index (χ0v) is 13.3. The lowest BCUT2D eigenvalue weighted by atomic mass is 10.1. The molecule has 0 spiro atoms. The predicted molar refractivity (Wildman–Crippen MR) is 89.7 cm³/mol. The van der Waals surface area contributed by atoms with Gasteiger partial charge in [0.1, 0.15) is 5.75 Å². The normalized spacial score (nSPS) is 16.2. The molecule has 0 bridgehead atoms. The molecule has 1 aliphatic rings. The van der Waals surface area contributed by atoms with E-state index in [9.17, 15) is 4.79 Å². The summed E-state index contributed by atoms with van der Waals surface area (Å²) in [5.41, 5.74) is 6.84. The number of carbonyl (C=O) groups excluding carboxylic acids is 1. The second-order valence-corrected chi connectivity index (χ2v) is 5.77. The van der Waals surface area contributed by atoms with Crippen molar-refractivity contribution in [1.29, 1.82) is 0 Å². The maximum absolute atomic E-state index is 12.1. The molecule has 2 rings (SSSR count). The van der Waals surface area contributed by atoms with Crippen LogP contribution < -0.4 is 10.5 Å². The van der Waals surface area contributed by atoms with Crippen LogP contribution in [0.3, 0.4) is 0 Å². The summed E-state index contributed by atoms with van der Waals surface area (Å²) in [6, 6.07) is 8.07. The van der Waals surface area contributed by atoms with Gasteiger partial charge in [0.05, 0.1) is 6.61 Å². The first kappa shape index (κ1) is 16.6. The molecule has 1 heterocycles. The lowest BCUT2D eigenvalue weighted by Gasteiger charge is -2.29. The number of nitrogens with two attached hydrogens (primary N) is 1. The van der Waals surface area contributed by atoms with Gasteiger partial charge in [0.25, 0.3) is 0 Å². The van der Waals surface area contributed by atoms with Crippen LogP contribution in [0.5, 0.6) is 5.75 Å². The average molecular weight is 302 g/mol. The Bertz CT molecular complexity index is 506. The van der Waals surface area contributed by atoms with Gasteiger partial charge < -0.3 is 15.4 Å². The van der Waals surface area contributed by atoms with E-state index in [0.717, 1.165) is 56.7 Å². The van der Waals surface area contributed by atoms with Gasteiger partial charge in [0, 0.05) is 25.2 Å². The highest BCUT2D eigenvalue weighted by molar-refractivity contribution is 5.91. The Kier molecular flexibility index (Phi) is 6.46. The highest BCUT2D eigenvalue weighted by Crippen LogP contribution is 2.15. The van der Waals surface area contributed by atoms with Crippen molar-refractivity contribution >= 4 is 12.0 Å². The van der Waals surface area contributed by atoms with E-state index in [2.05, 4.69) is 6.92 Å². The molecule has 1 aromatic rings. The summed E-state index contributed by atoms with van der Waals surface area (Å²) in [6.07, 6.45) is 7.44. The van der Waals surface area contributed by atoms with Gasteiger partial charge in [0.15, 0.2) is 0 Å². The van der Waals surface area contributed by atoms with Crippen LogP contribution in [0.1, 0.15) is 38.2 Å². The number of nitrogens with zero attached hydrogens (tertiary/aromatic N) is 1. The molecule has 1 amide bonds. The number of hydrogen-bond acceptors (Lipinski definition) is 3. The molecule has 1 saturated heterocycles. The third kappa shape index (κ3) is 5.19. The lowest BCUT2D eigenvalue weighted by Crippen LogP contribution is -2.42. The molecule has 0 aromatic heterocycles. The molecule has 1 fully saturated rings. The van der Waals surface area contributed by atoms with E-state index in [0.29, 0.717) is 0 Å². The lowest BCUT2D eigenvalue weighted by molar-refractivity contribution is -0.126. The topological polar surface area (TPSA) is 55.6 Å². The third-order valence-electron chi connectivity index (χ3n) is 3.89. The molecular formula is C18H26N2O2. The predicted octanol–water partition coefficient (Wildman–Crippen LogP) is 2.83. The fourth-order valence-electron chi connectivity index (χ4n) is 2.44. The average Bonchev–Trinajstić information content (AvgIpc) is 2.54. The Morgan fingerprint density at radius 2 is 2.18 bits per heavy atom. The molecule has 1 aliphatic heterocycles. The van der Waals surface area contributed by atoms with Gasteiger partial charge in [0.2, 0.25) is 5.91 Å². The Hall–Kier alpha value is -1.81. The first-order valence-electron chi connectivity index (χ1n) is 8.14. The number of amides is 1. The number of carbonyl (C=O) groups is 1. The fraction of sp³-hybridized carbons (Fsp3) is 0.500. The van der Waals surface area contributed by atoms with Crippen LogP contribution >= 0.6 is 0 Å². The van der Waals surface area contributed by atoms with Gasteiger partial charge in [-0.3, -0.25) is 4.79 Å². The van der Waals surface area contributed by atoms with Crippen molar-refractivity contribution in [3.05, 3.63) is 35.9 Å². The van der Waals surface area contributed by atoms with Crippen molar-refractivity contribution in [2.24, 2.45) is 5.73 Å². The smallest absolute Gasteiger partial charge is 0.246 e. The highest BCUT2D eigenvalue weighted by Gasteiger charge is 2.18. The molecule has 22 heavy (non-hydrogen) atoms. The third-order valence-corrected chi connectivity index (χ3v) is 3.89. The van der Waals surface area contributed by atoms with E-state index in [1.807, 2.05) is 35.2 Å². The van der Waals surface area contributed by atoms with Gasteiger partial charge in [-0.15, -0.1) is 0 Å². The Morgan fingerprint density at radius 1 is 1.41 bits per heavy atom. The zero-order valence-electron chi connectivity index (χ0n) is 13.3. The summed E-state index contributed by atoms with van der Waals surface area (Å²) in [5.74, 6) is 0.913. The van der Waals surface area contributed by atoms with Crippen LogP contribution in [0, 0.1) is 0 Å². The summed E-state index contributed by atoms with van der Waals surface area (Å²) in [7, 11) is 0. The van der Waals surface area contributed by atoms with Crippen LogP contribution in [0.25, 0.3) is 6.08 Å². The number of unbranched alkanes of at least 4 members (excludes halogenated alkanes) is 1. The second-order valence-electron chi connectivity index (χ2n) is 5.77. The first-order valence-corrected chi connectivity index (χ1v) is 8.14. The summed E-state index contributed by atoms with van der Waals surface area (Å²) in [6.45, 7) is 4.38. The van der Waals surface area contributed by atoms with Crippen molar-refractivity contribution in [2.45, 2.75) is 38.6 Å². The molecule has 2 N–H and O–H groups in total. The standard InChI is InChI=1S/C18H26N2O2/c1-2-3-13-22-17-6-4-5-15(14-17)7-8-18(21)20-11-9-16(19)10-12-20/h4-8,14,16H,2-3,9-13,19H2,1H3/b8-7+. The molecule has 1 aromatic carbocycles. The van der Waals surface area contributed by atoms with Crippen LogP contribution in [0.15, 0.2) is 30.3 Å². The zero-order chi connectivity index (χ0) is 15.8. The van der Waals surface area contributed by atoms with Gasteiger partial charge >= 0.3 is 0 Å². The number of benzene rings is 1. The van der Waals surface area contributed by atoms with Crippen LogP contribution in [0.4, 0.5) is 0 Å². The molecule has 0 atom stereocenters. The van der Waals surface area contributed by atoms with Crippen molar-refractivity contribution < 1.29 is 9.53 Å². The van der Waals surface area contributed by atoms with E-state index in [1.54, 1.807) is 6.08 Å². The van der Waals surface area contributed by atoms with E-state index in [-0.39, 0.29) is 11.9 Å². The molecule has 4 nitrogen and oxygen atoms in total. The number of rotatable bonds is 6. The van der Waals surface area contributed by atoms with Gasteiger partial charge in [-0.05, 0) is 43.0 Å². The van der Waals surface area contributed by atoms with E-state index < -0.39 is 0 Å². The number of likely N-dealkylation sites (tertiary alicyclic amines) is 1. The van der Waals surface area contributed by atoms with Crippen molar-refractivity contribution in [1.82, 2.24) is 4.90 Å². The molecule has 0 aliphatic carbocycles. The van der Waals surface area contributed by atoms with Gasteiger partial charge in [-0.25, -0.2) is 0 Å². The molecule has 4 heteroatoms. The Morgan fingerprint density at radius 3 is 2.91 bits per heavy atom. The Balaban J connectivity index is 1.89. The van der Waals surface area contributed by atoms with Crippen molar-refractivity contribution in [3.8, 4) is 5.75 Å². The number of hydrogen-bond donors (Lipinski definition) is 1. The minimum Gasteiger partial charge on any atom is -0.494 e. The summed E-state index contributed by atoms with van der Waals surface area (Å²) in [4.78, 5) is 14.0. The summed E-state index contributed by atoms with van der Waals surface area (Å²) < 4.78 is 5.68. The van der Waals surface area contributed by atoms with Crippen molar-refractivity contribution in [3.63, 3.8) is 0 Å². The SMILES string of the molecule is CCCCOc1cccc(/C=C/C(=O)N2CCC(N)CC2)c1. The summed E-state index contributed by atoms with van der Waals surface area (Å²) >= 11 is 0. The van der Waals surface area contributed by atoms with E-state index in [1.165, 1.54) is 0 Å². The molecule has 0 radical (unpaired) electrons. The van der Waals surface area contributed by atoms with Crippen LogP contribution in [-0.2, 0) is 4.79 Å². The minimum absolute atomic E-state index is 0.0594. The molecule has 0 unspecified atom stereocenters.